The van der Waals surface area contributed by atoms with E-state index < -0.39 is 0 Å². The molecule has 0 aliphatic carbocycles. The van der Waals surface area contributed by atoms with Crippen LogP contribution in [-0.4, -0.2) is 24.3 Å². The fourth-order valence-corrected chi connectivity index (χ4v) is 1.39. The minimum atomic E-state index is -0.346. The third-order valence-corrected chi connectivity index (χ3v) is 2.12. The quantitative estimate of drug-likeness (QED) is 0.608. The molecule has 1 aromatic carbocycles. The first kappa shape index (κ1) is 12.5. The highest BCUT2D eigenvalue weighted by atomic mass is 16.5. The smallest absolute Gasteiger partial charge is 0.330 e. The van der Waals surface area contributed by atoms with Crippen LogP contribution in [-0.2, 0) is 16.0 Å². The van der Waals surface area contributed by atoms with Crippen LogP contribution in [0.4, 0.5) is 0 Å². The molecule has 0 atom stereocenters. The Morgan fingerprint density at radius 2 is 2.19 bits per heavy atom. The van der Waals surface area contributed by atoms with Gasteiger partial charge in [-0.3, -0.25) is 0 Å². The average molecular weight is 220 g/mol. The monoisotopic (exact) mass is 220 g/mol. The molecule has 0 saturated heterocycles. The zero-order valence-corrected chi connectivity index (χ0v) is 9.35. The van der Waals surface area contributed by atoms with E-state index in [-0.39, 0.29) is 12.6 Å². The van der Waals surface area contributed by atoms with Crippen molar-refractivity contribution in [3.63, 3.8) is 0 Å². The number of rotatable bonds is 5. The number of benzene rings is 1. The van der Waals surface area contributed by atoms with Gasteiger partial charge in [-0.25, -0.2) is 4.79 Å². The van der Waals surface area contributed by atoms with Gasteiger partial charge in [0, 0.05) is 12.7 Å². The molecule has 0 aromatic heterocycles. The Morgan fingerprint density at radius 3 is 2.88 bits per heavy atom. The van der Waals surface area contributed by atoms with Gasteiger partial charge >= 0.3 is 5.97 Å². The van der Waals surface area contributed by atoms with E-state index in [2.05, 4.69) is 0 Å². The summed E-state index contributed by atoms with van der Waals surface area (Å²) in [4.78, 5) is 11.1. The second-order valence-electron chi connectivity index (χ2n) is 3.26. The molecule has 1 aromatic rings. The van der Waals surface area contributed by atoms with Crippen LogP contribution in [0.2, 0.25) is 0 Å². The zero-order valence-electron chi connectivity index (χ0n) is 9.35. The number of carbonyl (C=O) groups excluding carboxylic acids is 1. The van der Waals surface area contributed by atoms with Gasteiger partial charge < -0.3 is 9.84 Å². The van der Waals surface area contributed by atoms with Crippen LogP contribution in [0.3, 0.4) is 0 Å². The molecule has 1 rings (SSSR count). The molecular formula is C13H16O3. The van der Waals surface area contributed by atoms with Crippen molar-refractivity contribution in [3.05, 3.63) is 41.5 Å². The van der Waals surface area contributed by atoms with Crippen molar-refractivity contribution in [1.82, 2.24) is 0 Å². The van der Waals surface area contributed by atoms with Crippen molar-refractivity contribution in [2.45, 2.75) is 13.3 Å². The average Bonchev–Trinajstić information content (AvgIpc) is 2.29. The molecule has 0 spiro atoms. The molecule has 0 fully saturated rings. The number of ether oxygens (including phenoxy) is 1. The SMILES string of the molecule is CCOC(=O)/C=C/c1ccccc1CCO. The van der Waals surface area contributed by atoms with Gasteiger partial charge in [0.15, 0.2) is 0 Å². The van der Waals surface area contributed by atoms with E-state index in [1.165, 1.54) is 6.08 Å². The van der Waals surface area contributed by atoms with Crippen molar-refractivity contribution in [3.8, 4) is 0 Å². The van der Waals surface area contributed by atoms with Crippen LogP contribution >= 0.6 is 0 Å². The fraction of sp³-hybridized carbons (Fsp3) is 0.308. The first-order valence-corrected chi connectivity index (χ1v) is 5.31. The highest BCUT2D eigenvalue weighted by molar-refractivity contribution is 5.87. The Bertz CT molecular complexity index is 369. The summed E-state index contributed by atoms with van der Waals surface area (Å²) in [6.45, 7) is 2.25. The maximum atomic E-state index is 11.1. The van der Waals surface area contributed by atoms with Crippen LogP contribution in [0.1, 0.15) is 18.1 Å². The number of hydrogen-bond donors (Lipinski definition) is 1. The van der Waals surface area contributed by atoms with Crippen molar-refractivity contribution < 1.29 is 14.6 Å². The standard InChI is InChI=1S/C13H16O3/c1-2-16-13(15)8-7-11-5-3-4-6-12(11)9-10-14/h3-8,14H,2,9-10H2,1H3/b8-7+. The molecule has 0 heterocycles. The molecule has 3 heteroatoms. The first-order valence-electron chi connectivity index (χ1n) is 5.31. The van der Waals surface area contributed by atoms with Gasteiger partial charge in [0.2, 0.25) is 0 Å². The summed E-state index contributed by atoms with van der Waals surface area (Å²) in [6.07, 6.45) is 3.70. The van der Waals surface area contributed by atoms with E-state index in [1.54, 1.807) is 13.0 Å². The number of carbonyl (C=O) groups is 1. The summed E-state index contributed by atoms with van der Waals surface area (Å²) in [7, 11) is 0. The number of aliphatic hydroxyl groups is 1. The van der Waals surface area contributed by atoms with Crippen molar-refractivity contribution >= 4 is 12.0 Å². The zero-order chi connectivity index (χ0) is 11.8. The molecule has 0 radical (unpaired) electrons. The first-order chi connectivity index (χ1) is 7.77. The van der Waals surface area contributed by atoms with Gasteiger partial charge in [-0.15, -0.1) is 0 Å². The molecule has 0 aliphatic heterocycles. The predicted octanol–water partition coefficient (Wildman–Crippen LogP) is 1.80. The normalized spacial score (nSPS) is 10.6. The van der Waals surface area contributed by atoms with E-state index in [1.807, 2.05) is 24.3 Å². The molecular weight excluding hydrogens is 204 g/mol. The second kappa shape index (κ2) is 6.80. The molecule has 0 aliphatic rings. The molecule has 16 heavy (non-hydrogen) atoms. The van der Waals surface area contributed by atoms with Crippen LogP contribution in [0.15, 0.2) is 30.3 Å². The van der Waals surface area contributed by atoms with Crippen molar-refractivity contribution in [2.24, 2.45) is 0 Å². The maximum Gasteiger partial charge on any atom is 0.330 e. The summed E-state index contributed by atoms with van der Waals surface area (Å²) in [6, 6.07) is 7.64. The lowest BCUT2D eigenvalue weighted by atomic mass is 10.0. The summed E-state index contributed by atoms with van der Waals surface area (Å²) in [5.74, 6) is -0.346. The molecule has 1 N–H and O–H groups in total. The minimum absolute atomic E-state index is 0.101. The largest absolute Gasteiger partial charge is 0.463 e. The topological polar surface area (TPSA) is 46.5 Å². The van der Waals surface area contributed by atoms with Gasteiger partial charge in [-0.1, -0.05) is 24.3 Å². The minimum Gasteiger partial charge on any atom is -0.463 e. The molecule has 3 nitrogen and oxygen atoms in total. The molecule has 0 amide bonds. The van der Waals surface area contributed by atoms with Gasteiger partial charge in [0.1, 0.15) is 0 Å². The third-order valence-electron chi connectivity index (χ3n) is 2.12. The van der Waals surface area contributed by atoms with Gasteiger partial charge in [0.25, 0.3) is 0 Å². The van der Waals surface area contributed by atoms with Crippen LogP contribution in [0, 0.1) is 0 Å². The van der Waals surface area contributed by atoms with Gasteiger partial charge in [0.05, 0.1) is 6.61 Å². The summed E-state index contributed by atoms with van der Waals surface area (Å²) < 4.78 is 4.79. The van der Waals surface area contributed by atoms with Crippen LogP contribution in [0.5, 0.6) is 0 Å². The van der Waals surface area contributed by atoms with E-state index in [9.17, 15) is 4.79 Å². The van der Waals surface area contributed by atoms with Crippen molar-refractivity contribution in [2.75, 3.05) is 13.2 Å². The number of esters is 1. The van der Waals surface area contributed by atoms with E-state index in [0.29, 0.717) is 13.0 Å². The maximum absolute atomic E-state index is 11.1. The Hall–Kier alpha value is -1.61. The van der Waals surface area contributed by atoms with E-state index in [4.69, 9.17) is 9.84 Å². The Kier molecular flexibility index (Phi) is 5.29. The van der Waals surface area contributed by atoms with Crippen LogP contribution in [0.25, 0.3) is 6.08 Å². The Morgan fingerprint density at radius 1 is 1.44 bits per heavy atom. The van der Waals surface area contributed by atoms with Crippen LogP contribution < -0.4 is 0 Å². The molecule has 0 unspecified atom stereocenters. The van der Waals surface area contributed by atoms with Gasteiger partial charge in [-0.2, -0.15) is 0 Å². The molecule has 0 saturated carbocycles. The van der Waals surface area contributed by atoms with Crippen molar-refractivity contribution in [1.29, 1.82) is 0 Å². The van der Waals surface area contributed by atoms with E-state index >= 15 is 0 Å². The molecule has 0 bridgehead atoms. The third kappa shape index (κ3) is 3.87. The summed E-state index contributed by atoms with van der Waals surface area (Å²) in [5, 5.41) is 8.89. The van der Waals surface area contributed by atoms with E-state index in [0.717, 1.165) is 11.1 Å². The lowest BCUT2D eigenvalue weighted by Gasteiger charge is -2.03. The lowest BCUT2D eigenvalue weighted by molar-refractivity contribution is -0.137. The second-order valence-corrected chi connectivity index (χ2v) is 3.26. The summed E-state index contributed by atoms with van der Waals surface area (Å²) >= 11 is 0. The summed E-state index contributed by atoms with van der Waals surface area (Å²) in [5.41, 5.74) is 1.95. The predicted molar refractivity (Wildman–Crippen MR) is 62.9 cm³/mol. The number of aliphatic hydroxyl groups excluding tert-OH is 1. The molecule has 86 valence electrons. The van der Waals surface area contributed by atoms with Gasteiger partial charge in [-0.05, 0) is 30.5 Å². The highest BCUT2D eigenvalue weighted by Gasteiger charge is 1.99. The highest BCUT2D eigenvalue weighted by Crippen LogP contribution is 2.11. The Labute approximate surface area is 95.4 Å². The fourth-order valence-electron chi connectivity index (χ4n) is 1.39. The lowest BCUT2D eigenvalue weighted by Crippen LogP contribution is -1.99. The Balaban J connectivity index is 2.75. The number of hydrogen-bond acceptors (Lipinski definition) is 3.